The molecule has 1 heterocycles. The first-order chi connectivity index (χ1) is 8.50. The Kier molecular flexibility index (Phi) is 2.96. The van der Waals surface area contributed by atoms with E-state index in [4.69, 9.17) is 5.11 Å². The lowest BCUT2D eigenvalue weighted by molar-refractivity contribution is -0.137. The molecule has 0 saturated carbocycles. The lowest BCUT2D eigenvalue weighted by Crippen LogP contribution is -2.12. The summed E-state index contributed by atoms with van der Waals surface area (Å²) in [6, 6.07) is 1.63. The number of tetrazole rings is 1. The molecule has 18 heavy (non-hydrogen) atoms. The average Bonchev–Trinajstić information content (AvgIpc) is 2.73. The molecule has 0 fully saturated rings. The number of nitrogens with zero attached hydrogens (tertiary/aromatic N) is 4. The highest BCUT2D eigenvalue weighted by Crippen LogP contribution is 2.23. The lowest BCUT2D eigenvalue weighted by Gasteiger charge is -2.04. The highest BCUT2D eigenvalue weighted by atomic mass is 19.2. The minimum atomic E-state index is -1.67. The van der Waals surface area contributed by atoms with Gasteiger partial charge < -0.3 is 5.11 Å². The number of aromatic nitrogens is 4. The fourth-order valence-corrected chi connectivity index (χ4v) is 1.33. The molecule has 0 aliphatic heterocycles. The molecule has 0 saturated heterocycles. The molecule has 0 amide bonds. The molecule has 2 aromatic rings. The van der Waals surface area contributed by atoms with Crippen molar-refractivity contribution in [3.8, 4) is 11.4 Å². The SMILES string of the molecule is O=C(O)Cn1nnnc1-c1ccc(F)c(F)c1F. The van der Waals surface area contributed by atoms with E-state index in [9.17, 15) is 18.0 Å². The van der Waals surface area contributed by atoms with Crippen molar-refractivity contribution in [3.05, 3.63) is 29.6 Å². The van der Waals surface area contributed by atoms with Crippen LogP contribution in [0.5, 0.6) is 0 Å². The second-order valence-electron chi connectivity index (χ2n) is 3.28. The summed E-state index contributed by atoms with van der Waals surface area (Å²) < 4.78 is 40.0. The van der Waals surface area contributed by atoms with Crippen molar-refractivity contribution in [2.24, 2.45) is 0 Å². The predicted octanol–water partition coefficient (Wildman–Crippen LogP) is 0.842. The van der Waals surface area contributed by atoms with E-state index in [0.717, 1.165) is 10.7 Å². The van der Waals surface area contributed by atoms with Crippen LogP contribution in [-0.2, 0) is 11.3 Å². The van der Waals surface area contributed by atoms with E-state index >= 15 is 0 Å². The Balaban J connectivity index is 2.53. The third-order valence-electron chi connectivity index (χ3n) is 2.09. The third-order valence-corrected chi connectivity index (χ3v) is 2.09. The van der Waals surface area contributed by atoms with Crippen LogP contribution in [0.4, 0.5) is 13.2 Å². The second kappa shape index (κ2) is 4.43. The Morgan fingerprint density at radius 3 is 2.67 bits per heavy atom. The highest BCUT2D eigenvalue weighted by Gasteiger charge is 2.20. The molecule has 0 atom stereocenters. The van der Waals surface area contributed by atoms with Crippen LogP contribution in [0.1, 0.15) is 0 Å². The summed E-state index contributed by atoms with van der Waals surface area (Å²) in [6.07, 6.45) is 0. The van der Waals surface area contributed by atoms with Gasteiger partial charge in [-0.3, -0.25) is 4.79 Å². The van der Waals surface area contributed by atoms with Crippen molar-refractivity contribution in [2.75, 3.05) is 0 Å². The van der Waals surface area contributed by atoms with Gasteiger partial charge in [0.1, 0.15) is 6.54 Å². The van der Waals surface area contributed by atoms with Crippen LogP contribution in [0.2, 0.25) is 0 Å². The molecule has 0 spiro atoms. The molecule has 1 aromatic heterocycles. The largest absolute Gasteiger partial charge is 0.480 e. The van der Waals surface area contributed by atoms with Gasteiger partial charge in [-0.2, -0.15) is 0 Å². The van der Waals surface area contributed by atoms with Crippen molar-refractivity contribution in [2.45, 2.75) is 6.54 Å². The third kappa shape index (κ3) is 2.01. The number of rotatable bonds is 3. The van der Waals surface area contributed by atoms with E-state index in [1.807, 2.05) is 0 Å². The van der Waals surface area contributed by atoms with Crippen LogP contribution in [0.15, 0.2) is 12.1 Å². The molecule has 0 radical (unpaired) electrons. The quantitative estimate of drug-likeness (QED) is 0.825. The maximum Gasteiger partial charge on any atom is 0.325 e. The summed E-state index contributed by atoms with van der Waals surface area (Å²) in [6.45, 7) is -0.624. The van der Waals surface area contributed by atoms with Crippen molar-refractivity contribution < 1.29 is 23.1 Å². The number of carbonyl (C=O) groups is 1. The molecule has 9 heteroatoms. The average molecular weight is 258 g/mol. The molecule has 2 rings (SSSR count). The summed E-state index contributed by atoms with van der Waals surface area (Å²) in [4.78, 5) is 10.5. The zero-order valence-electron chi connectivity index (χ0n) is 8.64. The molecule has 0 aliphatic rings. The van der Waals surface area contributed by atoms with Crippen molar-refractivity contribution in [1.29, 1.82) is 0 Å². The Bertz CT molecular complexity index is 614. The summed E-state index contributed by atoms with van der Waals surface area (Å²) in [7, 11) is 0. The van der Waals surface area contributed by atoms with Crippen molar-refractivity contribution >= 4 is 5.97 Å². The summed E-state index contributed by atoms with van der Waals surface area (Å²) >= 11 is 0. The molecular weight excluding hydrogens is 253 g/mol. The van der Waals surface area contributed by atoms with E-state index in [2.05, 4.69) is 15.5 Å². The first-order valence-electron chi connectivity index (χ1n) is 4.62. The van der Waals surface area contributed by atoms with Gasteiger partial charge in [-0.25, -0.2) is 17.9 Å². The fourth-order valence-electron chi connectivity index (χ4n) is 1.33. The van der Waals surface area contributed by atoms with Gasteiger partial charge in [0, 0.05) is 0 Å². The number of aliphatic carboxylic acids is 1. The van der Waals surface area contributed by atoms with Gasteiger partial charge in [0.05, 0.1) is 5.56 Å². The van der Waals surface area contributed by atoms with Crippen LogP contribution >= 0.6 is 0 Å². The number of benzene rings is 1. The summed E-state index contributed by atoms with van der Waals surface area (Å²) in [5.41, 5.74) is -0.417. The van der Waals surface area contributed by atoms with E-state index in [1.54, 1.807) is 0 Å². The zero-order valence-corrected chi connectivity index (χ0v) is 8.64. The monoisotopic (exact) mass is 258 g/mol. The molecule has 0 unspecified atom stereocenters. The molecule has 1 aromatic carbocycles. The zero-order chi connectivity index (χ0) is 13.3. The molecule has 6 nitrogen and oxygen atoms in total. The number of hydrogen-bond donors (Lipinski definition) is 1. The second-order valence-corrected chi connectivity index (χ2v) is 3.28. The molecule has 0 aliphatic carbocycles. The van der Waals surface area contributed by atoms with Gasteiger partial charge in [-0.15, -0.1) is 5.10 Å². The number of hydrogen-bond acceptors (Lipinski definition) is 4. The Labute approximate surface area is 97.7 Å². The van der Waals surface area contributed by atoms with Gasteiger partial charge >= 0.3 is 5.97 Å². The van der Waals surface area contributed by atoms with Gasteiger partial charge in [0.15, 0.2) is 23.3 Å². The maximum atomic E-state index is 13.5. The first kappa shape index (κ1) is 12.0. The molecular formula is C9H5F3N4O2. The van der Waals surface area contributed by atoms with E-state index in [0.29, 0.717) is 6.07 Å². The highest BCUT2D eigenvalue weighted by molar-refractivity contribution is 5.67. The maximum absolute atomic E-state index is 13.5. The molecule has 1 N–H and O–H groups in total. The van der Waals surface area contributed by atoms with Gasteiger partial charge in [-0.05, 0) is 22.6 Å². The van der Waals surface area contributed by atoms with Gasteiger partial charge in [0.2, 0.25) is 0 Å². The lowest BCUT2D eigenvalue weighted by atomic mass is 10.2. The van der Waals surface area contributed by atoms with E-state index in [1.165, 1.54) is 0 Å². The Morgan fingerprint density at radius 2 is 2.00 bits per heavy atom. The van der Waals surface area contributed by atoms with E-state index < -0.39 is 35.5 Å². The Hall–Kier alpha value is -2.45. The topological polar surface area (TPSA) is 80.9 Å². The van der Waals surface area contributed by atoms with Gasteiger partial charge in [-0.1, -0.05) is 0 Å². The fraction of sp³-hybridized carbons (Fsp3) is 0.111. The molecule has 94 valence electrons. The smallest absolute Gasteiger partial charge is 0.325 e. The van der Waals surface area contributed by atoms with Crippen LogP contribution < -0.4 is 0 Å². The number of halogens is 3. The minimum Gasteiger partial charge on any atom is -0.480 e. The normalized spacial score (nSPS) is 10.6. The van der Waals surface area contributed by atoms with Crippen LogP contribution in [-0.4, -0.2) is 31.3 Å². The standard InChI is InChI=1S/C9H5F3N4O2/c10-5-2-1-4(7(11)8(5)12)9-13-14-15-16(9)3-6(17)18/h1-2H,3H2,(H,17,18). The summed E-state index contributed by atoms with van der Waals surface area (Å²) in [5.74, 6) is -6.05. The predicted molar refractivity (Wildman–Crippen MR) is 50.8 cm³/mol. The van der Waals surface area contributed by atoms with Crippen molar-refractivity contribution in [3.63, 3.8) is 0 Å². The van der Waals surface area contributed by atoms with Crippen molar-refractivity contribution in [1.82, 2.24) is 20.2 Å². The van der Waals surface area contributed by atoms with Crippen LogP contribution in [0.25, 0.3) is 11.4 Å². The van der Waals surface area contributed by atoms with Crippen LogP contribution in [0, 0.1) is 17.5 Å². The Morgan fingerprint density at radius 1 is 1.28 bits per heavy atom. The van der Waals surface area contributed by atoms with Gasteiger partial charge in [0.25, 0.3) is 0 Å². The van der Waals surface area contributed by atoms with Crippen LogP contribution in [0.3, 0.4) is 0 Å². The number of carboxylic acids is 1. The van der Waals surface area contributed by atoms with E-state index in [-0.39, 0.29) is 5.82 Å². The molecule has 0 bridgehead atoms. The first-order valence-corrected chi connectivity index (χ1v) is 4.62. The minimum absolute atomic E-state index is 0.297. The number of carboxylic acid groups (broad SMARTS) is 1. The summed E-state index contributed by atoms with van der Waals surface area (Å²) in [5, 5.41) is 18.4.